The van der Waals surface area contributed by atoms with Crippen molar-refractivity contribution in [2.24, 2.45) is 0 Å². The van der Waals surface area contributed by atoms with Gasteiger partial charge in [0.1, 0.15) is 19.8 Å². The van der Waals surface area contributed by atoms with Gasteiger partial charge in [-0.1, -0.05) is 351 Å². The number of carbonyl (C=O) groups is 2. The van der Waals surface area contributed by atoms with Crippen molar-refractivity contribution in [1.29, 1.82) is 0 Å². The van der Waals surface area contributed by atoms with Crippen molar-refractivity contribution in [3.63, 3.8) is 0 Å². The second kappa shape index (κ2) is 76.5. The summed E-state index contributed by atoms with van der Waals surface area (Å²) in [5, 5.41) is 0. The molecule has 10 heteroatoms. The molecular weight excluding hydrogens is 1230 g/mol. The van der Waals surface area contributed by atoms with Crippen LogP contribution in [-0.2, 0) is 32.7 Å². The number of likely N-dealkylation sites (N-methyl/N-ethyl adjacent to an activating group) is 1. The number of unbranched alkanes of at least 4 members (excludes halogenated alkanes) is 30. The van der Waals surface area contributed by atoms with Crippen LogP contribution in [0, 0.1) is 0 Å². The summed E-state index contributed by atoms with van der Waals surface area (Å²) in [5.41, 5.74) is 0. The monoisotopic (exact) mass is 1380 g/mol. The maximum absolute atomic E-state index is 12.9. The van der Waals surface area contributed by atoms with E-state index in [4.69, 9.17) is 18.5 Å². The number of quaternary nitrogens is 1. The fourth-order valence-electron chi connectivity index (χ4n) is 10.7. The lowest BCUT2D eigenvalue weighted by atomic mass is 10.0. The van der Waals surface area contributed by atoms with Crippen molar-refractivity contribution in [3.8, 4) is 0 Å². The van der Waals surface area contributed by atoms with E-state index in [0.717, 1.165) is 128 Å². The minimum atomic E-state index is -4.65. The van der Waals surface area contributed by atoms with Crippen LogP contribution in [0.2, 0.25) is 0 Å². The summed E-state index contributed by atoms with van der Waals surface area (Å²) in [7, 11) is 1.16. The molecule has 2 atom stereocenters. The highest BCUT2D eigenvalue weighted by molar-refractivity contribution is 7.45. The van der Waals surface area contributed by atoms with Gasteiger partial charge in [-0.05, 0) is 128 Å². The van der Waals surface area contributed by atoms with Gasteiger partial charge in [-0.25, -0.2) is 0 Å². The number of allylic oxidation sites excluding steroid dienone is 28. The van der Waals surface area contributed by atoms with Gasteiger partial charge in [-0.15, -0.1) is 0 Å². The molecule has 0 heterocycles. The van der Waals surface area contributed by atoms with Gasteiger partial charge in [0, 0.05) is 12.8 Å². The molecule has 0 aromatic carbocycles. The van der Waals surface area contributed by atoms with E-state index >= 15 is 0 Å². The number of hydrogen-bond donors (Lipinski definition) is 0. The third-order valence-electron chi connectivity index (χ3n) is 16.7. The summed E-state index contributed by atoms with van der Waals surface area (Å²) in [6.07, 6.45) is 116. The molecule has 0 radical (unpaired) electrons. The third-order valence-corrected chi connectivity index (χ3v) is 17.7. The summed E-state index contributed by atoms with van der Waals surface area (Å²) in [5.74, 6) is -0.832. The van der Waals surface area contributed by atoms with Crippen LogP contribution in [0.25, 0.3) is 0 Å². The zero-order valence-corrected chi connectivity index (χ0v) is 64.6. The molecule has 0 spiro atoms. The minimum absolute atomic E-state index is 0.0363. The fraction of sp³-hybridized carbons (Fsp3) is 0.659. The summed E-state index contributed by atoms with van der Waals surface area (Å²) in [6.45, 7) is 4.03. The molecule has 0 fully saturated rings. The number of phosphoric acid groups is 1. The molecule has 0 saturated heterocycles. The van der Waals surface area contributed by atoms with Gasteiger partial charge in [0.2, 0.25) is 0 Å². The number of nitrogens with zero attached hydrogens (tertiary/aromatic N) is 1. The van der Waals surface area contributed by atoms with E-state index in [9.17, 15) is 19.0 Å². The maximum Gasteiger partial charge on any atom is 0.306 e. The van der Waals surface area contributed by atoms with Crippen LogP contribution < -0.4 is 4.89 Å². The Morgan fingerprint density at radius 1 is 0.316 bits per heavy atom. The van der Waals surface area contributed by atoms with Gasteiger partial charge >= 0.3 is 11.9 Å². The minimum Gasteiger partial charge on any atom is -0.756 e. The first-order chi connectivity index (χ1) is 48.0. The molecule has 0 aromatic rings. The Balaban J connectivity index is 4.01. The van der Waals surface area contributed by atoms with E-state index in [2.05, 4.69) is 184 Å². The number of esters is 2. The molecule has 2 unspecified atom stereocenters. The van der Waals surface area contributed by atoms with E-state index < -0.39 is 26.5 Å². The molecule has 0 amide bonds. The van der Waals surface area contributed by atoms with Crippen LogP contribution in [0.15, 0.2) is 170 Å². The van der Waals surface area contributed by atoms with E-state index in [0.29, 0.717) is 17.4 Å². The van der Waals surface area contributed by atoms with Crippen molar-refractivity contribution in [2.45, 2.75) is 328 Å². The first-order valence-corrected chi connectivity index (χ1v) is 41.3. The fourth-order valence-corrected chi connectivity index (χ4v) is 11.5. The zero-order chi connectivity index (χ0) is 71.1. The van der Waals surface area contributed by atoms with Crippen LogP contribution in [0.4, 0.5) is 0 Å². The molecule has 0 rings (SSSR count). The van der Waals surface area contributed by atoms with Gasteiger partial charge in [-0.2, -0.15) is 0 Å². The van der Waals surface area contributed by atoms with Crippen LogP contribution in [0.3, 0.4) is 0 Å². The molecule has 0 saturated carbocycles. The SMILES string of the molecule is CC/C=C\C/C=C\C/C=C\C/C=C\C/C=C\C/C=C\C/C=C\CCCCCCCCCCCCCCCCCC(=O)OCC(COP(=O)([O-])OCC[N+](C)(C)C)OC(=O)CCCCCCCCCCCCCCCCC/C=C\C/C=C\C/C=C\C/C=C\C/C=C\C/C=C\C/C=C\CC. The molecular formula is C88H148NO8P. The van der Waals surface area contributed by atoms with E-state index in [1.165, 1.54) is 161 Å². The normalized spacial score (nSPS) is 14.0. The predicted molar refractivity (Wildman–Crippen MR) is 424 cm³/mol. The van der Waals surface area contributed by atoms with Crippen molar-refractivity contribution in [1.82, 2.24) is 0 Å². The smallest absolute Gasteiger partial charge is 0.306 e. The Hall–Kier alpha value is -4.63. The Morgan fingerprint density at radius 3 is 0.816 bits per heavy atom. The highest BCUT2D eigenvalue weighted by atomic mass is 31.2. The molecule has 0 N–H and O–H groups in total. The quantitative estimate of drug-likeness (QED) is 0.0195. The van der Waals surface area contributed by atoms with E-state index in [-0.39, 0.29) is 32.0 Å². The lowest BCUT2D eigenvalue weighted by Gasteiger charge is -2.28. The molecule has 9 nitrogen and oxygen atoms in total. The Morgan fingerprint density at radius 2 is 0.551 bits per heavy atom. The number of rotatable bonds is 72. The lowest BCUT2D eigenvalue weighted by Crippen LogP contribution is -2.37. The van der Waals surface area contributed by atoms with Gasteiger partial charge < -0.3 is 27.9 Å². The second-order valence-corrected chi connectivity index (χ2v) is 28.7. The summed E-state index contributed by atoms with van der Waals surface area (Å²) in [4.78, 5) is 38.2. The Kier molecular flexibility index (Phi) is 72.9. The Labute approximate surface area is 604 Å². The number of hydrogen-bond acceptors (Lipinski definition) is 8. The lowest BCUT2D eigenvalue weighted by molar-refractivity contribution is -0.870. The maximum atomic E-state index is 12.9. The van der Waals surface area contributed by atoms with Crippen LogP contribution >= 0.6 is 7.82 Å². The second-order valence-electron chi connectivity index (χ2n) is 27.3. The van der Waals surface area contributed by atoms with E-state index in [1.807, 2.05) is 21.1 Å². The molecule has 0 aliphatic heterocycles. The largest absolute Gasteiger partial charge is 0.756 e. The van der Waals surface area contributed by atoms with Crippen molar-refractivity contribution >= 4 is 19.8 Å². The standard InChI is InChI=1S/C88H148NO8P/c1-6-8-10-12-14-16-18-20-22-24-26-28-30-32-34-36-38-40-42-44-46-48-50-52-54-56-58-60-62-64-66-68-70-72-74-76-78-80-87(90)94-84-86(85-96-98(92,93)95-83-82-89(3,4)5)97-88(91)81-79-77-75-73-71-69-67-65-63-61-59-57-55-53-51-49-47-45-43-41-39-37-35-33-31-29-27-25-23-21-19-17-15-13-11-9-7-2/h8-11,14-17,20-23,26-29,32-35,38-41,44-47,86H,6-7,12-13,18-19,24-25,30-31,36-37,42-43,48-85H2,1-5H3/b10-8-,11-9-,16-14-,17-15-,22-20-,23-21-,28-26-,29-27-,34-32-,35-33-,40-38-,41-39-,46-44-,47-45-. The van der Waals surface area contributed by atoms with Crippen LogP contribution in [0.1, 0.15) is 322 Å². The molecule has 0 aliphatic carbocycles. The molecule has 0 bridgehead atoms. The average molecular weight is 1380 g/mol. The zero-order valence-electron chi connectivity index (χ0n) is 63.7. The first-order valence-electron chi connectivity index (χ1n) is 39.8. The van der Waals surface area contributed by atoms with Gasteiger partial charge in [0.05, 0.1) is 27.7 Å². The summed E-state index contributed by atoms with van der Waals surface area (Å²) >= 11 is 0. The highest BCUT2D eigenvalue weighted by Gasteiger charge is 2.22. The van der Waals surface area contributed by atoms with Crippen LogP contribution in [-0.4, -0.2) is 70.0 Å². The average Bonchev–Trinajstić information content (AvgIpc) is 1.14. The molecule has 0 aliphatic rings. The van der Waals surface area contributed by atoms with Crippen molar-refractivity contribution in [2.75, 3.05) is 47.5 Å². The van der Waals surface area contributed by atoms with Gasteiger partial charge in [0.15, 0.2) is 6.10 Å². The molecule has 0 aromatic heterocycles. The number of ether oxygens (including phenoxy) is 2. The van der Waals surface area contributed by atoms with E-state index in [1.54, 1.807) is 0 Å². The summed E-state index contributed by atoms with van der Waals surface area (Å²) in [6, 6.07) is 0. The number of carbonyl (C=O) groups excluding carboxylic acids is 2. The number of phosphoric ester groups is 1. The van der Waals surface area contributed by atoms with Crippen molar-refractivity contribution < 1.29 is 42.1 Å². The summed E-state index contributed by atoms with van der Waals surface area (Å²) < 4.78 is 34.4. The molecule has 558 valence electrons. The first kappa shape index (κ1) is 93.4. The highest BCUT2D eigenvalue weighted by Crippen LogP contribution is 2.38. The predicted octanol–water partition coefficient (Wildman–Crippen LogP) is 26.2. The topological polar surface area (TPSA) is 111 Å². The van der Waals surface area contributed by atoms with Crippen molar-refractivity contribution in [3.05, 3.63) is 170 Å². The van der Waals surface area contributed by atoms with Gasteiger partial charge in [-0.3, -0.25) is 14.2 Å². The Bertz CT molecular complexity index is 2270. The molecule has 98 heavy (non-hydrogen) atoms. The van der Waals surface area contributed by atoms with Crippen LogP contribution in [0.5, 0.6) is 0 Å². The third kappa shape index (κ3) is 80.3. The van der Waals surface area contributed by atoms with Gasteiger partial charge in [0.25, 0.3) is 7.82 Å².